The van der Waals surface area contributed by atoms with E-state index in [0.29, 0.717) is 23.6 Å². The molecular weight excluding hydrogens is 350 g/mol. The number of carboxylic acids is 1. The van der Waals surface area contributed by atoms with E-state index in [2.05, 4.69) is 0 Å². The van der Waals surface area contributed by atoms with Crippen molar-refractivity contribution in [3.8, 4) is 5.75 Å². The molecule has 140 valence electrons. The molecule has 0 aromatic heterocycles. The summed E-state index contributed by atoms with van der Waals surface area (Å²) in [5, 5.41) is 9.18. The van der Waals surface area contributed by atoms with E-state index in [9.17, 15) is 19.5 Å². The van der Waals surface area contributed by atoms with Crippen molar-refractivity contribution in [3.05, 3.63) is 59.2 Å². The monoisotopic (exact) mass is 369 g/mol. The van der Waals surface area contributed by atoms with Crippen molar-refractivity contribution >= 4 is 23.5 Å². The Kier molecular flexibility index (Phi) is 5.40. The van der Waals surface area contributed by atoms with Crippen molar-refractivity contribution in [2.45, 2.75) is 19.9 Å². The van der Waals surface area contributed by atoms with Gasteiger partial charge in [0.25, 0.3) is 5.91 Å². The van der Waals surface area contributed by atoms with Crippen LogP contribution in [-0.2, 0) is 16.1 Å². The van der Waals surface area contributed by atoms with Crippen LogP contribution in [0.25, 0.3) is 0 Å². The van der Waals surface area contributed by atoms with E-state index in [-0.39, 0.29) is 30.6 Å². The van der Waals surface area contributed by atoms with Crippen molar-refractivity contribution < 1.29 is 29.0 Å². The normalized spacial score (nSPS) is 12.9. The first-order chi connectivity index (χ1) is 13.0. The van der Waals surface area contributed by atoms with Crippen LogP contribution in [0.15, 0.2) is 42.5 Å². The summed E-state index contributed by atoms with van der Waals surface area (Å²) in [7, 11) is 0. The Bertz CT molecular complexity index is 875. The number of carbonyl (C=O) groups is 3. The molecule has 0 atom stereocenters. The zero-order valence-electron chi connectivity index (χ0n) is 14.8. The molecule has 1 heterocycles. The number of aromatic carboxylic acids is 1. The number of carbonyl (C=O) groups excluding carboxylic acids is 2. The van der Waals surface area contributed by atoms with Crippen LogP contribution in [0.2, 0.25) is 0 Å². The first-order valence-electron chi connectivity index (χ1n) is 8.56. The topological polar surface area (TPSA) is 93.1 Å². The Morgan fingerprint density at radius 3 is 2.52 bits per heavy atom. The summed E-state index contributed by atoms with van der Waals surface area (Å²) in [6.45, 7) is 2.41. The summed E-state index contributed by atoms with van der Waals surface area (Å²) in [5.41, 5.74) is 1.72. The molecule has 0 unspecified atom stereocenters. The van der Waals surface area contributed by atoms with E-state index in [1.54, 1.807) is 30.3 Å². The fraction of sp³-hybridized carbons (Fsp3) is 0.250. The van der Waals surface area contributed by atoms with Gasteiger partial charge in [-0.15, -0.1) is 0 Å². The maximum Gasteiger partial charge on any atom is 0.338 e. The fourth-order valence-electron chi connectivity index (χ4n) is 2.72. The summed E-state index contributed by atoms with van der Waals surface area (Å²) < 4.78 is 10.5. The third-order valence-corrected chi connectivity index (χ3v) is 4.12. The lowest BCUT2D eigenvalue weighted by atomic mass is 10.1. The van der Waals surface area contributed by atoms with E-state index < -0.39 is 5.97 Å². The average Bonchev–Trinajstić information content (AvgIpc) is 2.68. The molecule has 0 saturated carbocycles. The molecule has 2 aromatic carbocycles. The Hall–Kier alpha value is -3.35. The molecular formula is C20H19NO6. The minimum absolute atomic E-state index is 0.0751. The number of ether oxygens (including phenoxy) is 2. The molecule has 7 nitrogen and oxygen atoms in total. The van der Waals surface area contributed by atoms with E-state index in [0.717, 1.165) is 12.0 Å². The van der Waals surface area contributed by atoms with Gasteiger partial charge in [0.05, 0.1) is 30.0 Å². The summed E-state index contributed by atoms with van der Waals surface area (Å²) in [6, 6.07) is 11.2. The highest BCUT2D eigenvalue weighted by Gasteiger charge is 2.26. The SMILES string of the molecule is CCCOC(=O)c1ccc(CN2C(=O)COc3ccc(C(=O)O)cc32)cc1. The van der Waals surface area contributed by atoms with Gasteiger partial charge in [-0.05, 0) is 42.3 Å². The lowest BCUT2D eigenvalue weighted by Crippen LogP contribution is -2.38. The molecule has 0 fully saturated rings. The molecule has 2 aromatic rings. The van der Waals surface area contributed by atoms with Crippen LogP contribution in [0.1, 0.15) is 39.6 Å². The van der Waals surface area contributed by atoms with Crippen LogP contribution >= 0.6 is 0 Å². The summed E-state index contributed by atoms with van der Waals surface area (Å²) in [5.74, 6) is -1.27. The summed E-state index contributed by atoms with van der Waals surface area (Å²) in [4.78, 5) is 36.9. The van der Waals surface area contributed by atoms with Crippen molar-refractivity contribution in [1.82, 2.24) is 0 Å². The molecule has 0 saturated heterocycles. The van der Waals surface area contributed by atoms with Crippen LogP contribution in [0.3, 0.4) is 0 Å². The number of hydrogen-bond donors (Lipinski definition) is 1. The average molecular weight is 369 g/mol. The van der Waals surface area contributed by atoms with E-state index >= 15 is 0 Å². The fourth-order valence-corrected chi connectivity index (χ4v) is 2.72. The van der Waals surface area contributed by atoms with Gasteiger partial charge in [0.2, 0.25) is 0 Å². The summed E-state index contributed by atoms with van der Waals surface area (Å²) in [6.07, 6.45) is 0.751. The molecule has 1 aliphatic heterocycles. The number of rotatable bonds is 6. The van der Waals surface area contributed by atoms with Crippen molar-refractivity contribution in [1.29, 1.82) is 0 Å². The zero-order valence-corrected chi connectivity index (χ0v) is 14.8. The summed E-state index contributed by atoms with van der Waals surface area (Å²) >= 11 is 0. The number of nitrogens with zero attached hydrogens (tertiary/aromatic N) is 1. The number of benzene rings is 2. The zero-order chi connectivity index (χ0) is 19.4. The number of anilines is 1. The molecule has 3 rings (SSSR count). The number of carboxylic acid groups (broad SMARTS) is 1. The minimum atomic E-state index is -1.08. The lowest BCUT2D eigenvalue weighted by molar-refractivity contribution is -0.121. The number of fused-ring (bicyclic) bond motifs is 1. The predicted molar refractivity (Wildman–Crippen MR) is 97.1 cm³/mol. The minimum Gasteiger partial charge on any atom is -0.482 e. The van der Waals surface area contributed by atoms with Crippen LogP contribution < -0.4 is 9.64 Å². The van der Waals surface area contributed by atoms with Gasteiger partial charge in [0.15, 0.2) is 6.61 Å². The van der Waals surface area contributed by atoms with Crippen LogP contribution in [0, 0.1) is 0 Å². The van der Waals surface area contributed by atoms with Gasteiger partial charge in [-0.3, -0.25) is 4.79 Å². The molecule has 1 amide bonds. The van der Waals surface area contributed by atoms with E-state index in [1.807, 2.05) is 6.92 Å². The van der Waals surface area contributed by atoms with Crippen molar-refractivity contribution in [2.75, 3.05) is 18.1 Å². The molecule has 0 spiro atoms. The lowest BCUT2D eigenvalue weighted by Gasteiger charge is -2.29. The number of amides is 1. The highest BCUT2D eigenvalue weighted by atomic mass is 16.5. The van der Waals surface area contributed by atoms with E-state index in [4.69, 9.17) is 9.47 Å². The third-order valence-electron chi connectivity index (χ3n) is 4.12. The van der Waals surface area contributed by atoms with Gasteiger partial charge >= 0.3 is 11.9 Å². The van der Waals surface area contributed by atoms with Gasteiger partial charge in [-0.1, -0.05) is 19.1 Å². The quantitative estimate of drug-likeness (QED) is 0.787. The molecule has 0 aliphatic carbocycles. The van der Waals surface area contributed by atoms with Crippen LogP contribution in [0.5, 0.6) is 5.75 Å². The molecule has 1 N–H and O–H groups in total. The van der Waals surface area contributed by atoms with Crippen molar-refractivity contribution in [3.63, 3.8) is 0 Å². The highest BCUT2D eigenvalue weighted by Crippen LogP contribution is 2.34. The van der Waals surface area contributed by atoms with Crippen LogP contribution in [-0.4, -0.2) is 36.2 Å². The Morgan fingerprint density at radius 1 is 1.15 bits per heavy atom. The molecule has 27 heavy (non-hydrogen) atoms. The molecule has 7 heteroatoms. The van der Waals surface area contributed by atoms with Gasteiger partial charge in [0.1, 0.15) is 5.75 Å². The van der Waals surface area contributed by atoms with Gasteiger partial charge in [0, 0.05) is 0 Å². The number of esters is 1. The Labute approximate surface area is 156 Å². The predicted octanol–water partition coefficient (Wildman–Crippen LogP) is 2.88. The van der Waals surface area contributed by atoms with Crippen LogP contribution in [0.4, 0.5) is 5.69 Å². The maximum absolute atomic E-state index is 12.3. The maximum atomic E-state index is 12.3. The van der Waals surface area contributed by atoms with Gasteiger partial charge in [-0.2, -0.15) is 0 Å². The first-order valence-corrected chi connectivity index (χ1v) is 8.56. The third kappa shape index (κ3) is 4.08. The standard InChI is InChI=1S/C20H19NO6/c1-2-9-26-20(25)14-5-3-13(4-6-14)11-21-16-10-15(19(23)24)7-8-17(16)27-12-18(21)22/h3-8,10H,2,9,11-12H2,1H3,(H,23,24). The molecule has 0 bridgehead atoms. The molecule has 1 aliphatic rings. The van der Waals surface area contributed by atoms with E-state index in [1.165, 1.54) is 17.0 Å². The smallest absolute Gasteiger partial charge is 0.338 e. The highest BCUT2D eigenvalue weighted by molar-refractivity contribution is 5.99. The Balaban J connectivity index is 1.81. The Morgan fingerprint density at radius 2 is 1.85 bits per heavy atom. The number of hydrogen-bond acceptors (Lipinski definition) is 5. The van der Waals surface area contributed by atoms with Crippen molar-refractivity contribution in [2.24, 2.45) is 0 Å². The second kappa shape index (κ2) is 7.90. The molecule has 0 radical (unpaired) electrons. The largest absolute Gasteiger partial charge is 0.482 e. The second-order valence-corrected chi connectivity index (χ2v) is 6.09. The van der Waals surface area contributed by atoms with Gasteiger partial charge < -0.3 is 19.5 Å². The second-order valence-electron chi connectivity index (χ2n) is 6.09. The first kappa shape index (κ1) is 18.4. The van der Waals surface area contributed by atoms with Gasteiger partial charge in [-0.25, -0.2) is 9.59 Å².